The van der Waals surface area contributed by atoms with E-state index >= 15 is 0 Å². The van der Waals surface area contributed by atoms with Crippen molar-refractivity contribution < 1.29 is 9.47 Å². The van der Waals surface area contributed by atoms with Gasteiger partial charge in [-0.25, -0.2) is 4.79 Å². The fourth-order valence-corrected chi connectivity index (χ4v) is 5.67. The predicted molar refractivity (Wildman–Crippen MR) is 135 cm³/mol. The number of fused-ring (bicyclic) bond motifs is 5. The molecule has 0 amide bonds. The van der Waals surface area contributed by atoms with E-state index in [1.54, 1.807) is 19.5 Å². The van der Waals surface area contributed by atoms with E-state index in [1.165, 1.54) is 10.1 Å². The molecule has 1 fully saturated rings. The number of methoxy groups -OCH3 is 1. The minimum Gasteiger partial charge on any atom is -0.496 e. The smallest absolute Gasteiger partial charge is 0.328 e. The van der Waals surface area contributed by atoms with Gasteiger partial charge in [-0.3, -0.25) is 14.3 Å². The van der Waals surface area contributed by atoms with Gasteiger partial charge in [0.1, 0.15) is 11.5 Å². The van der Waals surface area contributed by atoms with E-state index in [9.17, 15) is 9.59 Å². The number of pyridine rings is 1. The quantitative estimate of drug-likeness (QED) is 0.343. The summed E-state index contributed by atoms with van der Waals surface area (Å²) < 4.78 is 13.0. The van der Waals surface area contributed by atoms with E-state index < -0.39 is 0 Å². The van der Waals surface area contributed by atoms with E-state index in [0.717, 1.165) is 61.4 Å². The maximum atomic E-state index is 13.1. The third-order valence-corrected chi connectivity index (χ3v) is 7.43. The van der Waals surface area contributed by atoms with Crippen LogP contribution in [0.2, 0.25) is 0 Å². The Bertz CT molecular complexity index is 1510. The van der Waals surface area contributed by atoms with Crippen LogP contribution in [0.25, 0.3) is 21.7 Å². The van der Waals surface area contributed by atoms with Crippen molar-refractivity contribution in [1.82, 2.24) is 19.4 Å². The zero-order valence-electron chi connectivity index (χ0n) is 19.7. The van der Waals surface area contributed by atoms with E-state index in [4.69, 9.17) is 9.47 Å². The Labute approximate surface area is 202 Å². The van der Waals surface area contributed by atoms with Crippen molar-refractivity contribution in [2.45, 2.75) is 25.3 Å². The molecule has 0 bridgehead atoms. The first-order valence-electron chi connectivity index (χ1n) is 12.1. The third kappa shape index (κ3) is 3.87. The second kappa shape index (κ2) is 8.85. The van der Waals surface area contributed by atoms with Gasteiger partial charge >= 0.3 is 5.69 Å². The first-order valence-corrected chi connectivity index (χ1v) is 12.1. The van der Waals surface area contributed by atoms with Crippen LogP contribution in [0.3, 0.4) is 0 Å². The Morgan fingerprint density at radius 3 is 2.89 bits per heavy atom. The maximum absolute atomic E-state index is 13.1. The van der Waals surface area contributed by atoms with Crippen molar-refractivity contribution in [2.75, 3.05) is 33.4 Å². The van der Waals surface area contributed by atoms with E-state index in [0.29, 0.717) is 29.3 Å². The topological polar surface area (TPSA) is 89.5 Å². The number of benzene rings is 2. The van der Waals surface area contributed by atoms with Crippen LogP contribution in [0.5, 0.6) is 11.5 Å². The zero-order valence-corrected chi connectivity index (χ0v) is 19.7. The molecule has 0 unspecified atom stereocenters. The SMILES string of the molecule is COc1cccc2c1[C@@H]1CN(CCCCn3c(=O)[nH]c4cc5cnccc5cc4c3=O)C[C@H]1CO2. The highest BCUT2D eigenvalue weighted by Gasteiger charge is 2.40. The number of aromatic amines is 1. The number of aromatic nitrogens is 3. The number of unbranched alkanes of at least 4 members (excludes halogenated alkanes) is 1. The summed E-state index contributed by atoms with van der Waals surface area (Å²) in [5, 5.41) is 2.35. The number of hydrogen-bond acceptors (Lipinski definition) is 6. The van der Waals surface area contributed by atoms with Crippen LogP contribution in [-0.2, 0) is 6.54 Å². The standard InChI is InChI=1S/C27H28N4O4/c1-34-23-5-4-6-24-25(23)21-15-30(14-19(21)16-35-24)9-2-3-10-31-26(32)20-11-17-7-8-28-13-18(17)12-22(20)29-27(31)33/h4-8,11-13,19,21H,2-3,9-10,14-16H2,1H3,(H,29,33)/t19-,21+/m0/s1. The summed E-state index contributed by atoms with van der Waals surface area (Å²) in [4.78, 5) is 35.2. The number of ether oxygens (including phenoxy) is 2. The van der Waals surface area contributed by atoms with Crippen LogP contribution in [0.15, 0.2) is 58.4 Å². The van der Waals surface area contributed by atoms with Crippen LogP contribution >= 0.6 is 0 Å². The van der Waals surface area contributed by atoms with Gasteiger partial charge in [-0.15, -0.1) is 0 Å². The van der Waals surface area contributed by atoms with Crippen LogP contribution in [-0.4, -0.2) is 52.8 Å². The van der Waals surface area contributed by atoms with E-state index in [2.05, 4.69) is 14.9 Å². The van der Waals surface area contributed by atoms with Gasteiger partial charge in [0, 0.05) is 54.8 Å². The number of hydrogen-bond donors (Lipinski definition) is 1. The highest BCUT2D eigenvalue weighted by molar-refractivity contribution is 5.95. The van der Waals surface area contributed by atoms with Gasteiger partial charge in [0.2, 0.25) is 0 Å². The maximum Gasteiger partial charge on any atom is 0.328 e. The lowest BCUT2D eigenvalue weighted by Gasteiger charge is -2.29. The molecule has 0 radical (unpaired) electrons. The van der Waals surface area contributed by atoms with Crippen molar-refractivity contribution >= 4 is 21.7 Å². The number of likely N-dealkylation sites (tertiary alicyclic amines) is 1. The number of rotatable bonds is 6. The third-order valence-electron chi connectivity index (χ3n) is 7.43. The highest BCUT2D eigenvalue weighted by atomic mass is 16.5. The van der Waals surface area contributed by atoms with Crippen molar-refractivity contribution in [1.29, 1.82) is 0 Å². The van der Waals surface area contributed by atoms with E-state index in [1.807, 2.05) is 36.4 Å². The van der Waals surface area contributed by atoms with Gasteiger partial charge in [-0.1, -0.05) is 6.07 Å². The molecule has 0 saturated carbocycles. The molecule has 2 aliphatic rings. The normalized spacial score (nSPS) is 19.5. The number of nitrogens with one attached hydrogen (secondary N) is 1. The molecule has 8 nitrogen and oxygen atoms in total. The lowest BCUT2D eigenvalue weighted by atomic mass is 9.86. The summed E-state index contributed by atoms with van der Waals surface area (Å²) in [6.07, 6.45) is 5.10. The fourth-order valence-electron chi connectivity index (χ4n) is 5.67. The molecule has 180 valence electrons. The monoisotopic (exact) mass is 472 g/mol. The van der Waals surface area contributed by atoms with Crippen molar-refractivity contribution in [3.8, 4) is 11.5 Å². The molecule has 2 aliphatic heterocycles. The second-order valence-electron chi connectivity index (χ2n) is 9.52. The molecule has 2 aromatic carbocycles. The number of H-pyrrole nitrogens is 1. The lowest BCUT2D eigenvalue weighted by molar-refractivity contribution is 0.209. The van der Waals surface area contributed by atoms with Gasteiger partial charge in [0.25, 0.3) is 5.56 Å². The van der Waals surface area contributed by atoms with Crippen LogP contribution in [0.1, 0.15) is 24.3 Å². The minimum atomic E-state index is -0.362. The van der Waals surface area contributed by atoms with Crippen molar-refractivity contribution in [2.24, 2.45) is 5.92 Å². The molecular weight excluding hydrogens is 444 g/mol. The molecule has 2 atom stereocenters. The Kier molecular flexibility index (Phi) is 5.53. The molecule has 2 aromatic heterocycles. The fraction of sp³-hybridized carbons (Fsp3) is 0.370. The molecule has 4 aromatic rings. The molecule has 6 rings (SSSR count). The van der Waals surface area contributed by atoms with Gasteiger partial charge in [0.15, 0.2) is 0 Å². The zero-order chi connectivity index (χ0) is 23.9. The van der Waals surface area contributed by atoms with Gasteiger partial charge in [-0.05, 0) is 55.1 Å². The molecule has 0 spiro atoms. The first kappa shape index (κ1) is 21.9. The number of nitrogens with zero attached hydrogens (tertiary/aromatic N) is 3. The molecule has 8 heteroatoms. The van der Waals surface area contributed by atoms with Gasteiger partial charge < -0.3 is 19.4 Å². The first-order chi connectivity index (χ1) is 17.1. The summed E-state index contributed by atoms with van der Waals surface area (Å²) in [6, 6.07) is 11.5. The Hall–Kier alpha value is -3.65. The Morgan fingerprint density at radius 1 is 1.11 bits per heavy atom. The molecule has 1 N–H and O–H groups in total. The summed E-state index contributed by atoms with van der Waals surface area (Å²) >= 11 is 0. The summed E-state index contributed by atoms with van der Waals surface area (Å²) in [7, 11) is 1.71. The summed E-state index contributed by atoms with van der Waals surface area (Å²) in [5.41, 5.74) is 1.13. The summed E-state index contributed by atoms with van der Waals surface area (Å²) in [5.74, 6) is 2.70. The van der Waals surface area contributed by atoms with Crippen LogP contribution in [0, 0.1) is 5.92 Å². The Balaban J connectivity index is 1.13. The van der Waals surface area contributed by atoms with E-state index in [-0.39, 0.29) is 11.2 Å². The average Bonchev–Trinajstić information content (AvgIpc) is 3.30. The Morgan fingerprint density at radius 2 is 2.00 bits per heavy atom. The largest absolute Gasteiger partial charge is 0.496 e. The molecule has 35 heavy (non-hydrogen) atoms. The second-order valence-corrected chi connectivity index (χ2v) is 9.52. The molecular formula is C27H28N4O4. The molecule has 1 saturated heterocycles. The average molecular weight is 473 g/mol. The van der Waals surface area contributed by atoms with Gasteiger partial charge in [-0.2, -0.15) is 0 Å². The van der Waals surface area contributed by atoms with Gasteiger partial charge in [0.05, 0.1) is 24.6 Å². The highest BCUT2D eigenvalue weighted by Crippen LogP contribution is 2.46. The lowest BCUT2D eigenvalue weighted by Crippen LogP contribution is -2.35. The minimum absolute atomic E-state index is 0.240. The van der Waals surface area contributed by atoms with Crippen LogP contribution in [0.4, 0.5) is 0 Å². The van der Waals surface area contributed by atoms with Crippen molar-refractivity contribution in [3.63, 3.8) is 0 Å². The molecule has 0 aliphatic carbocycles. The van der Waals surface area contributed by atoms with Crippen molar-refractivity contribution in [3.05, 3.63) is 75.2 Å². The van der Waals surface area contributed by atoms with Crippen LogP contribution < -0.4 is 20.7 Å². The molecule has 4 heterocycles. The predicted octanol–water partition coefficient (Wildman–Crippen LogP) is 3.13. The summed E-state index contributed by atoms with van der Waals surface area (Å²) in [6.45, 7) is 4.02.